The molecule has 2 aliphatic heterocycles. The van der Waals surface area contributed by atoms with Crippen LogP contribution in [0, 0.1) is 0 Å². The van der Waals surface area contributed by atoms with E-state index >= 15 is 0 Å². The minimum atomic E-state index is -4.49. The molecule has 1 saturated heterocycles. The van der Waals surface area contributed by atoms with Crippen molar-refractivity contribution in [3.05, 3.63) is 35.9 Å². The Kier molecular flexibility index (Phi) is 4.63. The number of nitrogen functional groups attached to an aromatic ring is 1. The third-order valence-corrected chi connectivity index (χ3v) is 8.76. The summed E-state index contributed by atoms with van der Waals surface area (Å²) in [6, 6.07) is 7.97. The quantitative estimate of drug-likeness (QED) is 0.409. The van der Waals surface area contributed by atoms with E-state index < -0.39 is 30.0 Å². The number of rotatable bonds is 5. The van der Waals surface area contributed by atoms with Gasteiger partial charge < -0.3 is 11.1 Å². The van der Waals surface area contributed by atoms with Gasteiger partial charge in [0.15, 0.2) is 28.2 Å². The highest BCUT2D eigenvalue weighted by Gasteiger charge is 2.38. The van der Waals surface area contributed by atoms with Gasteiger partial charge in [-0.3, -0.25) is 5.10 Å². The largest absolute Gasteiger partial charge is 0.382 e. The van der Waals surface area contributed by atoms with Crippen molar-refractivity contribution >= 4 is 42.4 Å². The van der Waals surface area contributed by atoms with Crippen molar-refractivity contribution in [1.82, 2.24) is 15.5 Å². The van der Waals surface area contributed by atoms with Gasteiger partial charge in [-0.1, -0.05) is 12.1 Å². The van der Waals surface area contributed by atoms with E-state index in [4.69, 9.17) is 10.9 Å². The van der Waals surface area contributed by atoms with E-state index in [1.807, 2.05) is 0 Å². The van der Waals surface area contributed by atoms with E-state index in [1.54, 1.807) is 18.2 Å². The molecule has 3 aromatic rings. The fourth-order valence-electron chi connectivity index (χ4n) is 3.76. The molecule has 3 heterocycles. The third kappa shape index (κ3) is 3.19. The maximum Gasteiger partial charge on any atom is 0.240 e. The van der Waals surface area contributed by atoms with E-state index in [0.717, 1.165) is 0 Å². The molecular weight excluding hydrogens is 456 g/mol. The molecule has 2 aromatic carbocycles. The molecule has 2 aliphatic rings. The molecule has 0 aliphatic carbocycles. The maximum absolute atomic E-state index is 13.2. The van der Waals surface area contributed by atoms with Gasteiger partial charge in [-0.25, -0.2) is 27.0 Å². The molecule has 1 fully saturated rings. The van der Waals surface area contributed by atoms with Gasteiger partial charge in [-0.2, -0.15) is 10.2 Å². The highest BCUT2D eigenvalue weighted by Crippen LogP contribution is 2.37. The van der Waals surface area contributed by atoms with Crippen LogP contribution in [-0.2, 0) is 19.9 Å². The number of H-pyrrole nitrogens is 1. The van der Waals surface area contributed by atoms with Crippen molar-refractivity contribution in [2.24, 2.45) is 20.4 Å². The van der Waals surface area contributed by atoms with Gasteiger partial charge in [0.1, 0.15) is 4.90 Å². The average molecular weight is 475 g/mol. The number of hydrogen-bond acceptors (Lipinski definition) is 10. The fourth-order valence-corrected chi connectivity index (χ4v) is 6.94. The minimum absolute atomic E-state index is 0.00152. The zero-order chi connectivity index (χ0) is 22.7. The Hall–Kier alpha value is -3.20. The van der Waals surface area contributed by atoms with Gasteiger partial charge in [0, 0.05) is 24.0 Å². The number of hydrogen-bond donors (Lipinski definition) is 4. The van der Waals surface area contributed by atoms with Gasteiger partial charge in [-0.05, 0) is 29.3 Å². The van der Waals surface area contributed by atoms with Crippen LogP contribution >= 0.6 is 0 Å². The maximum atomic E-state index is 13.2. The van der Waals surface area contributed by atoms with E-state index in [0.29, 0.717) is 27.8 Å². The summed E-state index contributed by atoms with van der Waals surface area (Å²) in [6.45, 7) is 0.447. The minimum Gasteiger partial charge on any atom is -0.382 e. The molecule has 0 amide bonds. The van der Waals surface area contributed by atoms with Crippen LogP contribution < -0.4 is 16.2 Å². The van der Waals surface area contributed by atoms with Gasteiger partial charge in [0.05, 0.1) is 15.7 Å². The summed E-state index contributed by atoms with van der Waals surface area (Å²) in [6.07, 6.45) is 0. The number of azo groups is 1. The number of aromatic nitrogens is 2. The number of anilines is 1. The number of aliphatic imine (C=N–C) groups is 1. The van der Waals surface area contributed by atoms with E-state index in [1.165, 1.54) is 12.1 Å². The Labute approximate surface area is 182 Å². The second kappa shape index (κ2) is 7.16. The third-order valence-electron chi connectivity index (χ3n) is 5.47. The van der Waals surface area contributed by atoms with Crippen molar-refractivity contribution in [1.29, 1.82) is 0 Å². The summed E-state index contributed by atoms with van der Waals surface area (Å²) in [5, 5.41) is 22.9. The predicted molar refractivity (Wildman–Crippen MR) is 117 cm³/mol. The van der Waals surface area contributed by atoms with Crippen LogP contribution in [0.4, 0.5) is 5.82 Å². The van der Waals surface area contributed by atoms with Crippen molar-refractivity contribution in [2.45, 2.75) is 15.0 Å². The Bertz CT molecular complexity index is 1540. The van der Waals surface area contributed by atoms with Crippen LogP contribution in [0.2, 0.25) is 0 Å². The number of sulfone groups is 1. The summed E-state index contributed by atoms with van der Waals surface area (Å²) in [5.74, 6) is 0.318. The molecule has 166 valence electrons. The van der Waals surface area contributed by atoms with Gasteiger partial charge in [-0.15, -0.1) is 5.11 Å². The standard InChI is InChI=1S/C18H18N8O4S2/c19-17-12-2-1-9(5-13(12)24-25-17)11-3-4-14(31(27,28)10-6-21-7-10)16(32(20,29)30)15(11)18-22-8-23-26-18/h1-5,10,21H,6-8H2,(H3,19,24,25)(H2,20,29,30). The van der Waals surface area contributed by atoms with Gasteiger partial charge >= 0.3 is 0 Å². The Balaban J connectivity index is 1.84. The first-order chi connectivity index (χ1) is 15.2. The van der Waals surface area contributed by atoms with Crippen LogP contribution in [0.5, 0.6) is 0 Å². The topological polar surface area (TPSA) is 198 Å². The molecule has 0 unspecified atom stereocenters. The number of aromatic amines is 1. The predicted octanol–water partition coefficient (Wildman–Crippen LogP) is 0.375. The molecule has 5 rings (SSSR count). The first-order valence-electron chi connectivity index (χ1n) is 9.48. The van der Waals surface area contributed by atoms with Crippen LogP contribution in [0.25, 0.3) is 22.0 Å². The van der Waals surface area contributed by atoms with E-state index in [2.05, 4.69) is 30.7 Å². The summed E-state index contributed by atoms with van der Waals surface area (Å²) in [4.78, 5) is 3.24. The molecule has 14 heteroatoms. The molecule has 0 radical (unpaired) electrons. The molecule has 0 bridgehead atoms. The Morgan fingerprint density at radius 1 is 1.06 bits per heavy atom. The van der Waals surface area contributed by atoms with Crippen LogP contribution in [-0.4, -0.2) is 57.9 Å². The molecule has 12 nitrogen and oxygen atoms in total. The lowest BCUT2D eigenvalue weighted by Gasteiger charge is -2.28. The molecule has 0 atom stereocenters. The Morgan fingerprint density at radius 2 is 1.84 bits per heavy atom. The number of amidine groups is 1. The summed E-state index contributed by atoms with van der Waals surface area (Å²) >= 11 is 0. The van der Waals surface area contributed by atoms with Crippen molar-refractivity contribution in [3.63, 3.8) is 0 Å². The number of sulfonamides is 1. The van der Waals surface area contributed by atoms with Crippen LogP contribution in [0.15, 0.2) is 55.3 Å². The number of primary sulfonamides is 1. The molecule has 6 N–H and O–H groups in total. The number of nitrogens with two attached hydrogens (primary N) is 2. The van der Waals surface area contributed by atoms with E-state index in [9.17, 15) is 16.8 Å². The van der Waals surface area contributed by atoms with Crippen LogP contribution in [0.3, 0.4) is 0 Å². The zero-order valence-corrected chi connectivity index (χ0v) is 18.1. The summed E-state index contributed by atoms with van der Waals surface area (Å²) in [7, 11) is -8.47. The lowest BCUT2D eigenvalue weighted by molar-refractivity contribution is 0.493. The number of nitrogens with zero attached hydrogens (tertiary/aromatic N) is 4. The van der Waals surface area contributed by atoms with E-state index in [-0.39, 0.29) is 36.1 Å². The number of fused-ring (bicyclic) bond motifs is 1. The van der Waals surface area contributed by atoms with Crippen LogP contribution in [0.1, 0.15) is 5.56 Å². The monoisotopic (exact) mass is 474 g/mol. The Morgan fingerprint density at radius 3 is 2.47 bits per heavy atom. The van der Waals surface area contributed by atoms with Crippen molar-refractivity contribution in [2.75, 3.05) is 25.5 Å². The lowest BCUT2D eigenvalue weighted by Crippen LogP contribution is -2.51. The lowest BCUT2D eigenvalue weighted by atomic mass is 9.98. The summed E-state index contributed by atoms with van der Waals surface area (Å²) in [5.41, 5.74) is 7.40. The fraction of sp³-hybridized carbons (Fsp3) is 0.222. The normalized spacial score (nSPS) is 17.0. The zero-order valence-electron chi connectivity index (χ0n) is 16.5. The van der Waals surface area contributed by atoms with Crippen molar-refractivity contribution in [3.8, 4) is 11.1 Å². The van der Waals surface area contributed by atoms with Gasteiger partial charge in [0.25, 0.3) is 0 Å². The molecule has 0 spiro atoms. The highest BCUT2D eigenvalue weighted by molar-refractivity contribution is 7.94. The van der Waals surface area contributed by atoms with Gasteiger partial charge in [0.2, 0.25) is 10.0 Å². The second-order valence-corrected chi connectivity index (χ2v) is 11.1. The molecule has 0 saturated carbocycles. The SMILES string of the molecule is Nc1n[nH]c2cc(-c3ccc(S(=O)(=O)C4CNC4)c(S(N)(=O)=O)c3C3=NCN=N3)ccc12. The highest BCUT2D eigenvalue weighted by atomic mass is 32.2. The molecule has 1 aromatic heterocycles. The second-order valence-electron chi connectivity index (χ2n) is 7.42. The number of benzene rings is 2. The molecular formula is C18H18N8O4S2. The summed E-state index contributed by atoms with van der Waals surface area (Å²) < 4.78 is 51.9. The first-order valence-corrected chi connectivity index (χ1v) is 12.6. The number of nitrogens with one attached hydrogen (secondary N) is 2. The smallest absolute Gasteiger partial charge is 0.240 e. The first kappa shape index (κ1) is 20.7. The average Bonchev–Trinajstić information content (AvgIpc) is 3.34. The molecule has 32 heavy (non-hydrogen) atoms. The van der Waals surface area contributed by atoms with Crippen molar-refractivity contribution < 1.29 is 16.8 Å².